The smallest absolute Gasteiger partial charge is 0.322 e. The highest BCUT2D eigenvalue weighted by Gasteiger charge is 2.21. The van der Waals surface area contributed by atoms with E-state index >= 15 is 0 Å². The fourth-order valence-corrected chi connectivity index (χ4v) is 2.96. The molecule has 0 saturated carbocycles. The Kier molecular flexibility index (Phi) is 8.34. The van der Waals surface area contributed by atoms with Crippen LogP contribution < -0.4 is 10.6 Å². The van der Waals surface area contributed by atoms with Gasteiger partial charge in [0, 0.05) is 36.8 Å². The van der Waals surface area contributed by atoms with Gasteiger partial charge in [0.05, 0.1) is 11.0 Å². The Labute approximate surface area is 176 Å². The van der Waals surface area contributed by atoms with Crippen LogP contribution in [0.3, 0.4) is 0 Å². The minimum absolute atomic E-state index is 0.0454. The van der Waals surface area contributed by atoms with Crippen molar-refractivity contribution in [1.82, 2.24) is 10.2 Å². The second kappa shape index (κ2) is 10.9. The monoisotopic (exact) mass is 412 g/mol. The van der Waals surface area contributed by atoms with Gasteiger partial charge in [0.25, 0.3) is 5.69 Å². The van der Waals surface area contributed by atoms with E-state index in [1.54, 1.807) is 4.90 Å². The van der Waals surface area contributed by atoms with Gasteiger partial charge in [-0.15, -0.1) is 0 Å². The average molecular weight is 412 g/mol. The van der Waals surface area contributed by atoms with E-state index in [4.69, 9.17) is 0 Å². The number of urea groups is 1. The summed E-state index contributed by atoms with van der Waals surface area (Å²) in [6.07, 6.45) is 0.908. The first-order chi connectivity index (χ1) is 14.3. The van der Waals surface area contributed by atoms with Crippen LogP contribution in [0.4, 0.5) is 16.2 Å². The Morgan fingerprint density at radius 3 is 2.27 bits per heavy atom. The SMILES string of the molecule is CC[C@@H](C)N(CCC(=O)N[C@H](C)c1ccccc1)C(=O)Nc1ccc([N+](=O)[O-])cc1. The van der Waals surface area contributed by atoms with Gasteiger partial charge in [0.2, 0.25) is 5.91 Å². The zero-order valence-corrected chi connectivity index (χ0v) is 17.5. The highest BCUT2D eigenvalue weighted by Crippen LogP contribution is 2.17. The second-order valence-electron chi connectivity index (χ2n) is 7.13. The minimum atomic E-state index is -0.494. The number of carbonyl (C=O) groups excluding carboxylic acids is 2. The Bertz CT molecular complexity index is 855. The van der Waals surface area contributed by atoms with Crippen LogP contribution in [0.5, 0.6) is 0 Å². The molecule has 8 nitrogen and oxygen atoms in total. The molecular weight excluding hydrogens is 384 g/mol. The molecule has 0 bridgehead atoms. The summed E-state index contributed by atoms with van der Waals surface area (Å²) in [7, 11) is 0. The lowest BCUT2D eigenvalue weighted by molar-refractivity contribution is -0.384. The van der Waals surface area contributed by atoms with Gasteiger partial charge in [0.1, 0.15) is 0 Å². The van der Waals surface area contributed by atoms with Crippen molar-refractivity contribution >= 4 is 23.3 Å². The number of benzene rings is 2. The molecule has 0 saturated heterocycles. The fraction of sp³-hybridized carbons (Fsp3) is 0.364. The summed E-state index contributed by atoms with van der Waals surface area (Å²) < 4.78 is 0. The largest absolute Gasteiger partial charge is 0.350 e. The van der Waals surface area contributed by atoms with Gasteiger partial charge in [-0.2, -0.15) is 0 Å². The van der Waals surface area contributed by atoms with Crippen LogP contribution in [-0.2, 0) is 4.79 Å². The average Bonchev–Trinajstić information content (AvgIpc) is 2.74. The molecule has 0 radical (unpaired) electrons. The summed E-state index contributed by atoms with van der Waals surface area (Å²) in [5.74, 6) is -0.136. The summed E-state index contributed by atoms with van der Waals surface area (Å²) >= 11 is 0. The molecule has 0 aromatic heterocycles. The van der Waals surface area contributed by atoms with E-state index in [-0.39, 0.29) is 42.7 Å². The minimum Gasteiger partial charge on any atom is -0.350 e. The van der Waals surface area contributed by atoms with Crippen LogP contribution in [0.25, 0.3) is 0 Å². The lowest BCUT2D eigenvalue weighted by Crippen LogP contribution is -2.43. The van der Waals surface area contributed by atoms with Crippen molar-refractivity contribution in [3.8, 4) is 0 Å². The third-order valence-corrected chi connectivity index (χ3v) is 4.97. The summed E-state index contributed by atoms with van der Waals surface area (Å²) in [5, 5.41) is 16.5. The zero-order valence-electron chi connectivity index (χ0n) is 17.5. The van der Waals surface area contributed by atoms with Crippen LogP contribution in [0.1, 0.15) is 45.2 Å². The number of hydrogen-bond acceptors (Lipinski definition) is 4. The van der Waals surface area contributed by atoms with E-state index in [0.29, 0.717) is 5.69 Å². The predicted octanol–water partition coefficient (Wildman–Crippen LogP) is 4.49. The number of non-ortho nitro benzene ring substituents is 1. The van der Waals surface area contributed by atoms with E-state index in [2.05, 4.69) is 10.6 Å². The molecule has 3 amide bonds. The lowest BCUT2D eigenvalue weighted by atomic mass is 10.1. The molecule has 0 aliphatic heterocycles. The molecule has 0 spiro atoms. The molecule has 30 heavy (non-hydrogen) atoms. The molecule has 0 unspecified atom stereocenters. The molecule has 2 N–H and O–H groups in total. The molecule has 0 fully saturated rings. The molecule has 0 aliphatic carbocycles. The number of nitro groups is 1. The first kappa shape index (κ1) is 22.9. The van der Waals surface area contributed by atoms with Crippen molar-refractivity contribution in [2.24, 2.45) is 0 Å². The molecule has 0 heterocycles. The number of nitro benzene ring substituents is 1. The van der Waals surface area contributed by atoms with Crippen molar-refractivity contribution < 1.29 is 14.5 Å². The van der Waals surface area contributed by atoms with Crippen LogP contribution in [-0.4, -0.2) is 34.3 Å². The maximum absolute atomic E-state index is 12.7. The van der Waals surface area contributed by atoms with Gasteiger partial charge in [0.15, 0.2) is 0 Å². The van der Waals surface area contributed by atoms with E-state index in [9.17, 15) is 19.7 Å². The molecule has 2 rings (SSSR count). The predicted molar refractivity (Wildman–Crippen MR) is 116 cm³/mol. The Hall–Kier alpha value is -3.42. The molecule has 8 heteroatoms. The van der Waals surface area contributed by atoms with Gasteiger partial charge >= 0.3 is 6.03 Å². The van der Waals surface area contributed by atoms with E-state index < -0.39 is 4.92 Å². The Balaban J connectivity index is 1.95. The maximum Gasteiger partial charge on any atom is 0.322 e. The molecule has 2 aromatic rings. The number of carbonyl (C=O) groups is 2. The zero-order chi connectivity index (χ0) is 22.1. The summed E-state index contributed by atoms with van der Waals surface area (Å²) in [6, 6.07) is 14.8. The molecule has 0 aliphatic rings. The number of nitrogens with zero attached hydrogens (tertiary/aromatic N) is 2. The van der Waals surface area contributed by atoms with Gasteiger partial charge in [-0.3, -0.25) is 14.9 Å². The quantitative estimate of drug-likeness (QED) is 0.467. The first-order valence-electron chi connectivity index (χ1n) is 9.98. The van der Waals surface area contributed by atoms with Crippen LogP contribution in [0.2, 0.25) is 0 Å². The van der Waals surface area contributed by atoms with Crippen molar-refractivity contribution in [3.63, 3.8) is 0 Å². The Morgan fingerprint density at radius 1 is 1.07 bits per heavy atom. The van der Waals surface area contributed by atoms with Crippen molar-refractivity contribution in [1.29, 1.82) is 0 Å². The number of nitrogens with one attached hydrogen (secondary N) is 2. The first-order valence-corrected chi connectivity index (χ1v) is 9.98. The third-order valence-electron chi connectivity index (χ3n) is 4.97. The maximum atomic E-state index is 12.7. The third kappa shape index (κ3) is 6.58. The number of anilines is 1. The normalized spacial score (nSPS) is 12.5. The highest BCUT2D eigenvalue weighted by atomic mass is 16.6. The van der Waals surface area contributed by atoms with Crippen molar-refractivity contribution in [2.45, 2.75) is 45.7 Å². The fourth-order valence-electron chi connectivity index (χ4n) is 2.96. The van der Waals surface area contributed by atoms with Crippen LogP contribution >= 0.6 is 0 Å². The number of rotatable bonds is 9. The Morgan fingerprint density at radius 2 is 1.70 bits per heavy atom. The summed E-state index contributed by atoms with van der Waals surface area (Å²) in [6.45, 7) is 6.07. The molecule has 2 aromatic carbocycles. The highest BCUT2D eigenvalue weighted by molar-refractivity contribution is 5.90. The van der Waals surface area contributed by atoms with Crippen molar-refractivity contribution in [2.75, 3.05) is 11.9 Å². The van der Waals surface area contributed by atoms with Gasteiger partial charge in [-0.25, -0.2) is 4.79 Å². The molecular formula is C22H28N4O4. The number of hydrogen-bond donors (Lipinski definition) is 2. The molecule has 2 atom stereocenters. The van der Waals surface area contributed by atoms with Gasteiger partial charge < -0.3 is 15.5 Å². The van der Waals surface area contributed by atoms with E-state index in [1.807, 2.05) is 51.1 Å². The van der Waals surface area contributed by atoms with E-state index in [0.717, 1.165) is 12.0 Å². The van der Waals surface area contributed by atoms with Gasteiger partial charge in [-0.05, 0) is 38.0 Å². The topological polar surface area (TPSA) is 105 Å². The second-order valence-corrected chi connectivity index (χ2v) is 7.13. The lowest BCUT2D eigenvalue weighted by Gasteiger charge is -2.29. The van der Waals surface area contributed by atoms with Gasteiger partial charge in [-0.1, -0.05) is 37.3 Å². The standard InChI is InChI=1S/C22H28N4O4/c1-4-16(2)25(22(28)24-19-10-12-20(13-11-19)26(29)30)15-14-21(27)23-17(3)18-8-6-5-7-9-18/h5-13,16-17H,4,14-15H2,1-3H3,(H,23,27)(H,24,28)/t16-,17-/m1/s1. The van der Waals surface area contributed by atoms with Crippen molar-refractivity contribution in [3.05, 3.63) is 70.3 Å². The molecule has 160 valence electrons. The summed E-state index contributed by atoms with van der Waals surface area (Å²) in [4.78, 5) is 37.0. The van der Waals surface area contributed by atoms with E-state index in [1.165, 1.54) is 24.3 Å². The van der Waals surface area contributed by atoms with Crippen LogP contribution in [0.15, 0.2) is 54.6 Å². The number of amides is 3. The summed E-state index contributed by atoms with van der Waals surface area (Å²) in [5.41, 5.74) is 1.43. The van der Waals surface area contributed by atoms with Crippen LogP contribution in [0, 0.1) is 10.1 Å².